The highest BCUT2D eigenvalue weighted by molar-refractivity contribution is 7.89. The number of anilines is 1. The summed E-state index contributed by atoms with van der Waals surface area (Å²) in [6.07, 6.45) is 1.57. The first kappa shape index (κ1) is 20.5. The monoisotopic (exact) mass is 422 g/mol. The molecule has 1 aliphatic rings. The van der Waals surface area contributed by atoms with E-state index < -0.39 is 10.0 Å². The molecule has 2 heterocycles. The Hall–Kier alpha value is -2.77. The highest BCUT2D eigenvalue weighted by Gasteiger charge is 2.29. The molecule has 0 saturated carbocycles. The van der Waals surface area contributed by atoms with Gasteiger partial charge in [-0.1, -0.05) is 35.9 Å². The molecule has 0 radical (unpaired) electrons. The van der Waals surface area contributed by atoms with Crippen molar-refractivity contribution in [2.75, 3.05) is 31.1 Å². The third kappa shape index (κ3) is 4.08. The van der Waals surface area contributed by atoms with Gasteiger partial charge in [0.25, 0.3) is 0 Å². The van der Waals surface area contributed by atoms with Crippen molar-refractivity contribution in [1.82, 2.24) is 14.3 Å². The molecule has 0 aliphatic carbocycles. The molecule has 30 heavy (non-hydrogen) atoms. The van der Waals surface area contributed by atoms with E-state index in [0.29, 0.717) is 31.1 Å². The van der Waals surface area contributed by atoms with Crippen LogP contribution in [-0.2, 0) is 10.0 Å². The fourth-order valence-electron chi connectivity index (χ4n) is 3.58. The van der Waals surface area contributed by atoms with Crippen LogP contribution in [0.4, 0.5) is 5.82 Å². The Bertz CT molecular complexity index is 1150. The summed E-state index contributed by atoms with van der Waals surface area (Å²) in [5.74, 6) is 0.823. The molecule has 4 rings (SSSR count). The lowest BCUT2D eigenvalue weighted by molar-refractivity contribution is 0.383. The molecule has 1 fully saturated rings. The van der Waals surface area contributed by atoms with Gasteiger partial charge >= 0.3 is 0 Å². The first-order valence-electron chi connectivity index (χ1n) is 10.1. The topological polar surface area (TPSA) is 66.4 Å². The molecule has 0 unspecified atom stereocenters. The minimum atomic E-state index is -3.49. The van der Waals surface area contributed by atoms with Crippen LogP contribution in [0.5, 0.6) is 0 Å². The van der Waals surface area contributed by atoms with Crippen molar-refractivity contribution in [2.24, 2.45) is 0 Å². The van der Waals surface area contributed by atoms with Crippen LogP contribution in [0.25, 0.3) is 11.3 Å². The van der Waals surface area contributed by atoms with Crippen molar-refractivity contribution in [1.29, 1.82) is 0 Å². The number of hydrogen-bond acceptors (Lipinski definition) is 5. The number of sulfonamides is 1. The van der Waals surface area contributed by atoms with Crippen LogP contribution in [0.2, 0.25) is 0 Å². The smallest absolute Gasteiger partial charge is 0.243 e. The minimum absolute atomic E-state index is 0.364. The summed E-state index contributed by atoms with van der Waals surface area (Å²) in [4.78, 5) is 11.3. The second kappa shape index (κ2) is 8.16. The quantitative estimate of drug-likeness (QED) is 0.643. The van der Waals surface area contributed by atoms with Crippen molar-refractivity contribution < 1.29 is 8.42 Å². The number of aromatic nitrogens is 2. The zero-order chi connectivity index (χ0) is 21.3. The number of nitrogens with zero attached hydrogens (tertiary/aromatic N) is 4. The number of aryl methyl sites for hydroxylation is 3. The van der Waals surface area contributed by atoms with E-state index in [0.717, 1.165) is 28.2 Å². The summed E-state index contributed by atoms with van der Waals surface area (Å²) >= 11 is 0. The lowest BCUT2D eigenvalue weighted by atomic mass is 10.1. The highest BCUT2D eigenvalue weighted by Crippen LogP contribution is 2.24. The van der Waals surface area contributed by atoms with Gasteiger partial charge in [0.2, 0.25) is 10.0 Å². The molecule has 0 bridgehead atoms. The largest absolute Gasteiger partial charge is 0.354 e. The lowest BCUT2D eigenvalue weighted by Crippen LogP contribution is -2.48. The standard InChI is InChI=1S/C23H26N4O2S/c1-17-4-7-20(8-5-17)22-15-23(25-16-24-22)26-10-12-27(13-11-26)30(28,29)21-9-6-18(2)19(3)14-21/h4-9,14-16H,10-13H2,1-3H3. The maximum absolute atomic E-state index is 13.0. The molecule has 0 spiro atoms. The summed E-state index contributed by atoms with van der Waals surface area (Å²) in [6, 6.07) is 15.5. The van der Waals surface area contributed by atoms with Gasteiger partial charge in [0, 0.05) is 37.8 Å². The predicted octanol–water partition coefficient (Wildman–Crippen LogP) is 3.58. The number of hydrogen-bond donors (Lipinski definition) is 0. The van der Waals surface area contributed by atoms with Crippen molar-refractivity contribution in [2.45, 2.75) is 25.7 Å². The molecular weight excluding hydrogens is 396 g/mol. The maximum Gasteiger partial charge on any atom is 0.243 e. The van der Waals surface area contributed by atoms with E-state index in [1.807, 2.05) is 26.0 Å². The van der Waals surface area contributed by atoms with Crippen molar-refractivity contribution in [3.05, 3.63) is 71.5 Å². The molecule has 0 atom stereocenters. The van der Waals surface area contributed by atoms with E-state index in [2.05, 4.69) is 46.1 Å². The average Bonchev–Trinajstić information content (AvgIpc) is 2.76. The van der Waals surface area contributed by atoms with Gasteiger partial charge in [-0.3, -0.25) is 0 Å². The average molecular weight is 423 g/mol. The second-order valence-corrected chi connectivity index (χ2v) is 9.70. The fraction of sp³-hybridized carbons (Fsp3) is 0.304. The Balaban J connectivity index is 1.49. The zero-order valence-corrected chi connectivity index (χ0v) is 18.4. The number of rotatable bonds is 4. The molecule has 0 amide bonds. The molecule has 1 saturated heterocycles. The predicted molar refractivity (Wildman–Crippen MR) is 119 cm³/mol. The van der Waals surface area contributed by atoms with Crippen LogP contribution in [-0.4, -0.2) is 48.9 Å². The van der Waals surface area contributed by atoms with E-state index >= 15 is 0 Å². The Morgan fingerprint density at radius 2 is 1.50 bits per heavy atom. The molecule has 6 nitrogen and oxygen atoms in total. The summed E-state index contributed by atoms with van der Waals surface area (Å²) in [6.45, 7) is 8.02. The Morgan fingerprint density at radius 3 is 2.17 bits per heavy atom. The van der Waals surface area contributed by atoms with E-state index in [9.17, 15) is 8.42 Å². The Labute approximate surface area is 178 Å². The summed E-state index contributed by atoms with van der Waals surface area (Å²) in [5, 5.41) is 0. The highest BCUT2D eigenvalue weighted by atomic mass is 32.2. The van der Waals surface area contributed by atoms with Crippen LogP contribution in [0.3, 0.4) is 0 Å². The van der Waals surface area contributed by atoms with Gasteiger partial charge in [-0.25, -0.2) is 18.4 Å². The summed E-state index contributed by atoms with van der Waals surface area (Å²) in [7, 11) is -3.49. The van der Waals surface area contributed by atoms with E-state index in [1.165, 1.54) is 5.56 Å². The van der Waals surface area contributed by atoms with Crippen molar-refractivity contribution in [3.63, 3.8) is 0 Å². The van der Waals surface area contributed by atoms with Gasteiger partial charge in [-0.05, 0) is 44.0 Å². The van der Waals surface area contributed by atoms with Gasteiger partial charge in [0.15, 0.2) is 0 Å². The lowest BCUT2D eigenvalue weighted by Gasteiger charge is -2.34. The molecular formula is C23H26N4O2S. The van der Waals surface area contributed by atoms with Gasteiger partial charge < -0.3 is 4.90 Å². The fourth-order valence-corrected chi connectivity index (χ4v) is 5.09. The first-order valence-corrected chi connectivity index (χ1v) is 11.5. The van der Waals surface area contributed by atoms with Gasteiger partial charge in [-0.15, -0.1) is 0 Å². The van der Waals surface area contributed by atoms with Crippen LogP contribution in [0, 0.1) is 20.8 Å². The van der Waals surface area contributed by atoms with Gasteiger partial charge in [0.05, 0.1) is 10.6 Å². The van der Waals surface area contributed by atoms with Crippen LogP contribution in [0.15, 0.2) is 59.8 Å². The normalized spacial score (nSPS) is 15.4. The van der Waals surface area contributed by atoms with Crippen LogP contribution >= 0.6 is 0 Å². The minimum Gasteiger partial charge on any atom is -0.354 e. The molecule has 1 aliphatic heterocycles. The van der Waals surface area contributed by atoms with E-state index in [1.54, 1.807) is 22.8 Å². The summed E-state index contributed by atoms with van der Waals surface area (Å²) < 4.78 is 27.6. The maximum atomic E-state index is 13.0. The Kier molecular flexibility index (Phi) is 5.58. The van der Waals surface area contributed by atoms with E-state index in [-0.39, 0.29) is 0 Å². The van der Waals surface area contributed by atoms with Crippen molar-refractivity contribution in [3.8, 4) is 11.3 Å². The molecule has 156 valence electrons. The third-order valence-corrected chi connectivity index (χ3v) is 7.57. The van der Waals surface area contributed by atoms with Gasteiger partial charge in [0.1, 0.15) is 12.1 Å². The van der Waals surface area contributed by atoms with Crippen molar-refractivity contribution >= 4 is 15.8 Å². The molecule has 2 aromatic carbocycles. The summed E-state index contributed by atoms with van der Waals surface area (Å²) in [5.41, 5.74) is 5.19. The van der Waals surface area contributed by atoms with Crippen LogP contribution in [0.1, 0.15) is 16.7 Å². The molecule has 1 aromatic heterocycles. The zero-order valence-electron chi connectivity index (χ0n) is 17.5. The van der Waals surface area contributed by atoms with Gasteiger partial charge in [-0.2, -0.15) is 4.31 Å². The second-order valence-electron chi connectivity index (χ2n) is 7.76. The Morgan fingerprint density at radius 1 is 0.800 bits per heavy atom. The molecule has 0 N–H and O–H groups in total. The third-order valence-electron chi connectivity index (χ3n) is 5.68. The number of piperazine rings is 1. The first-order chi connectivity index (χ1) is 14.3. The molecule has 3 aromatic rings. The molecule has 7 heteroatoms. The number of benzene rings is 2. The van der Waals surface area contributed by atoms with E-state index in [4.69, 9.17) is 0 Å². The SMILES string of the molecule is Cc1ccc(-c2cc(N3CCN(S(=O)(=O)c4ccc(C)c(C)c4)CC3)ncn2)cc1. The van der Waals surface area contributed by atoms with Crippen LogP contribution < -0.4 is 4.90 Å².